The standard InChI is InChI=1S/C13H16BrN3O/c1-9(2)7-17-13(18)8-16-12-4-3-11(14)5-10(12)6-15/h3-5,9,16H,7-8H2,1-2H3,(H,17,18). The van der Waals surface area contributed by atoms with Gasteiger partial charge in [0.15, 0.2) is 0 Å². The largest absolute Gasteiger partial charge is 0.375 e. The van der Waals surface area contributed by atoms with Crippen molar-refractivity contribution in [2.75, 3.05) is 18.4 Å². The Labute approximate surface area is 116 Å². The van der Waals surface area contributed by atoms with E-state index in [0.29, 0.717) is 23.7 Å². The van der Waals surface area contributed by atoms with Gasteiger partial charge in [-0.2, -0.15) is 5.26 Å². The maximum Gasteiger partial charge on any atom is 0.239 e. The van der Waals surface area contributed by atoms with Gasteiger partial charge in [-0.1, -0.05) is 29.8 Å². The first-order valence-electron chi connectivity index (χ1n) is 5.73. The van der Waals surface area contributed by atoms with E-state index in [1.165, 1.54) is 0 Å². The van der Waals surface area contributed by atoms with Crippen LogP contribution in [0.1, 0.15) is 19.4 Å². The fraction of sp³-hybridized carbons (Fsp3) is 0.385. The highest BCUT2D eigenvalue weighted by molar-refractivity contribution is 9.10. The number of carbonyl (C=O) groups is 1. The Bertz CT molecular complexity index is 466. The van der Waals surface area contributed by atoms with Crippen LogP contribution < -0.4 is 10.6 Å². The third-order valence-corrected chi connectivity index (χ3v) is 2.74. The molecule has 96 valence electrons. The zero-order valence-electron chi connectivity index (χ0n) is 10.5. The number of amides is 1. The van der Waals surface area contributed by atoms with Crippen LogP contribution in [0.25, 0.3) is 0 Å². The molecule has 0 saturated heterocycles. The second-order valence-electron chi connectivity index (χ2n) is 4.35. The molecule has 1 amide bonds. The first-order valence-corrected chi connectivity index (χ1v) is 6.52. The highest BCUT2D eigenvalue weighted by Gasteiger charge is 2.05. The number of rotatable bonds is 5. The number of nitrogens with zero attached hydrogens (tertiary/aromatic N) is 1. The Morgan fingerprint density at radius 3 is 2.83 bits per heavy atom. The molecule has 0 aromatic heterocycles. The van der Waals surface area contributed by atoms with E-state index in [9.17, 15) is 4.79 Å². The topological polar surface area (TPSA) is 64.9 Å². The lowest BCUT2D eigenvalue weighted by atomic mass is 10.2. The quantitative estimate of drug-likeness (QED) is 0.878. The van der Waals surface area contributed by atoms with Gasteiger partial charge in [0.25, 0.3) is 0 Å². The second-order valence-corrected chi connectivity index (χ2v) is 5.27. The summed E-state index contributed by atoms with van der Waals surface area (Å²) in [5, 5.41) is 14.7. The molecular weight excluding hydrogens is 294 g/mol. The molecule has 0 aliphatic heterocycles. The predicted octanol–water partition coefficient (Wildman–Crippen LogP) is 2.50. The monoisotopic (exact) mass is 309 g/mol. The zero-order valence-corrected chi connectivity index (χ0v) is 12.0. The van der Waals surface area contributed by atoms with E-state index < -0.39 is 0 Å². The Hall–Kier alpha value is -1.54. The molecule has 5 heteroatoms. The van der Waals surface area contributed by atoms with Crippen molar-refractivity contribution < 1.29 is 4.79 Å². The molecule has 2 N–H and O–H groups in total. The van der Waals surface area contributed by atoms with Gasteiger partial charge in [-0.15, -0.1) is 0 Å². The smallest absolute Gasteiger partial charge is 0.239 e. The number of hydrogen-bond donors (Lipinski definition) is 2. The van der Waals surface area contributed by atoms with Crippen LogP contribution in [-0.4, -0.2) is 19.0 Å². The van der Waals surface area contributed by atoms with Gasteiger partial charge < -0.3 is 10.6 Å². The van der Waals surface area contributed by atoms with Crippen molar-refractivity contribution in [3.63, 3.8) is 0 Å². The minimum absolute atomic E-state index is 0.0736. The number of benzene rings is 1. The Kier molecular flexibility index (Phi) is 5.66. The summed E-state index contributed by atoms with van der Waals surface area (Å²) in [4.78, 5) is 11.5. The predicted molar refractivity (Wildman–Crippen MR) is 75.2 cm³/mol. The van der Waals surface area contributed by atoms with Gasteiger partial charge in [0.1, 0.15) is 6.07 Å². The van der Waals surface area contributed by atoms with Crippen LogP contribution >= 0.6 is 15.9 Å². The average Bonchev–Trinajstić information content (AvgIpc) is 2.34. The summed E-state index contributed by atoms with van der Waals surface area (Å²) in [6.45, 7) is 4.90. The molecule has 0 aliphatic rings. The Morgan fingerprint density at radius 1 is 1.50 bits per heavy atom. The van der Waals surface area contributed by atoms with Crippen LogP contribution in [0.3, 0.4) is 0 Å². The molecule has 1 aromatic carbocycles. The summed E-state index contributed by atoms with van der Waals surface area (Å²) >= 11 is 3.30. The van der Waals surface area contributed by atoms with E-state index in [1.54, 1.807) is 12.1 Å². The Morgan fingerprint density at radius 2 is 2.22 bits per heavy atom. The molecule has 4 nitrogen and oxygen atoms in total. The summed E-state index contributed by atoms with van der Waals surface area (Å²) in [5.41, 5.74) is 1.18. The lowest BCUT2D eigenvalue weighted by Gasteiger charge is -2.10. The number of carbonyl (C=O) groups excluding carboxylic acids is 1. The van der Waals surface area contributed by atoms with Gasteiger partial charge in [0.05, 0.1) is 17.8 Å². The Balaban J connectivity index is 2.54. The van der Waals surface area contributed by atoms with Crippen LogP contribution in [0.15, 0.2) is 22.7 Å². The van der Waals surface area contributed by atoms with Gasteiger partial charge in [0, 0.05) is 11.0 Å². The SMILES string of the molecule is CC(C)CNC(=O)CNc1ccc(Br)cc1C#N. The summed E-state index contributed by atoms with van der Waals surface area (Å²) in [7, 11) is 0. The van der Waals surface area contributed by atoms with Gasteiger partial charge in [-0.25, -0.2) is 0 Å². The van der Waals surface area contributed by atoms with Crippen molar-refractivity contribution >= 4 is 27.5 Å². The molecule has 0 fully saturated rings. The average molecular weight is 310 g/mol. The fourth-order valence-electron chi connectivity index (χ4n) is 1.32. The van der Waals surface area contributed by atoms with Gasteiger partial charge in [-0.05, 0) is 24.1 Å². The molecule has 0 atom stereocenters. The first kappa shape index (κ1) is 14.5. The molecule has 0 aliphatic carbocycles. The molecule has 0 radical (unpaired) electrons. The third-order valence-electron chi connectivity index (χ3n) is 2.25. The summed E-state index contributed by atoms with van der Waals surface area (Å²) < 4.78 is 0.842. The molecule has 0 bridgehead atoms. The summed E-state index contributed by atoms with van der Waals surface area (Å²) in [6.07, 6.45) is 0. The van der Waals surface area contributed by atoms with Gasteiger partial charge in [0.2, 0.25) is 5.91 Å². The number of halogens is 1. The van der Waals surface area contributed by atoms with Crippen molar-refractivity contribution in [1.29, 1.82) is 5.26 Å². The summed E-state index contributed by atoms with van der Waals surface area (Å²) in [6, 6.07) is 7.41. The minimum atomic E-state index is -0.0736. The first-order chi connectivity index (χ1) is 8.52. The van der Waals surface area contributed by atoms with E-state index >= 15 is 0 Å². The van der Waals surface area contributed by atoms with Crippen LogP contribution in [-0.2, 0) is 4.79 Å². The molecular formula is C13H16BrN3O. The van der Waals surface area contributed by atoms with E-state index in [0.717, 1.165) is 4.47 Å². The van der Waals surface area contributed by atoms with Crippen LogP contribution in [0, 0.1) is 17.2 Å². The maximum atomic E-state index is 11.5. The molecule has 1 aromatic rings. The summed E-state index contributed by atoms with van der Waals surface area (Å²) in [5.74, 6) is 0.354. The molecule has 1 rings (SSSR count). The van der Waals surface area contributed by atoms with E-state index in [-0.39, 0.29) is 12.5 Å². The normalized spacial score (nSPS) is 9.94. The number of anilines is 1. The fourth-order valence-corrected chi connectivity index (χ4v) is 1.68. The van der Waals surface area contributed by atoms with E-state index in [1.807, 2.05) is 19.9 Å². The van der Waals surface area contributed by atoms with Gasteiger partial charge in [-0.3, -0.25) is 4.79 Å². The van der Waals surface area contributed by atoms with Crippen LogP contribution in [0.2, 0.25) is 0 Å². The van der Waals surface area contributed by atoms with Crippen molar-refractivity contribution in [2.45, 2.75) is 13.8 Å². The van der Waals surface area contributed by atoms with E-state index in [4.69, 9.17) is 5.26 Å². The number of nitriles is 1. The molecule has 18 heavy (non-hydrogen) atoms. The zero-order chi connectivity index (χ0) is 13.5. The molecule has 0 spiro atoms. The van der Waals surface area contributed by atoms with E-state index in [2.05, 4.69) is 32.6 Å². The highest BCUT2D eigenvalue weighted by atomic mass is 79.9. The molecule has 0 heterocycles. The molecule has 0 unspecified atom stereocenters. The number of nitrogens with one attached hydrogen (secondary N) is 2. The maximum absolute atomic E-state index is 11.5. The van der Waals surface area contributed by atoms with Crippen molar-refractivity contribution in [3.8, 4) is 6.07 Å². The second kappa shape index (κ2) is 7.02. The van der Waals surface area contributed by atoms with Crippen LogP contribution in [0.4, 0.5) is 5.69 Å². The van der Waals surface area contributed by atoms with Crippen molar-refractivity contribution in [3.05, 3.63) is 28.2 Å². The van der Waals surface area contributed by atoms with Crippen LogP contribution in [0.5, 0.6) is 0 Å². The van der Waals surface area contributed by atoms with Gasteiger partial charge >= 0.3 is 0 Å². The lowest BCUT2D eigenvalue weighted by molar-refractivity contribution is -0.119. The van der Waals surface area contributed by atoms with Crippen molar-refractivity contribution in [2.24, 2.45) is 5.92 Å². The number of hydrogen-bond acceptors (Lipinski definition) is 3. The lowest BCUT2D eigenvalue weighted by Crippen LogP contribution is -2.32. The third kappa shape index (κ3) is 4.76. The minimum Gasteiger partial charge on any atom is -0.375 e. The van der Waals surface area contributed by atoms with Crippen molar-refractivity contribution in [1.82, 2.24) is 5.32 Å². The highest BCUT2D eigenvalue weighted by Crippen LogP contribution is 2.19. The molecule has 0 saturated carbocycles.